The maximum absolute atomic E-state index is 12.1. The van der Waals surface area contributed by atoms with E-state index in [1.54, 1.807) is 0 Å². The molecule has 0 amide bonds. The number of aromatic amines is 1. The molecule has 27 heavy (non-hydrogen) atoms. The number of nitrogens with one attached hydrogen (secondary N) is 1. The van der Waals surface area contributed by atoms with Crippen LogP contribution in [0.2, 0.25) is 18.1 Å². The van der Waals surface area contributed by atoms with Gasteiger partial charge in [-0.2, -0.15) is 0 Å². The Morgan fingerprint density at radius 3 is 2.70 bits per heavy atom. The van der Waals surface area contributed by atoms with Gasteiger partial charge in [0.2, 0.25) is 0 Å². The molecule has 10 nitrogen and oxygen atoms in total. The van der Waals surface area contributed by atoms with Crippen molar-refractivity contribution in [2.75, 3.05) is 13.2 Å². The lowest BCUT2D eigenvalue weighted by atomic mass is 9.98. The molecule has 2 N–H and O–H groups in total. The van der Waals surface area contributed by atoms with Crippen molar-refractivity contribution in [3.8, 4) is 0 Å². The molecule has 1 aliphatic rings. The first-order valence-electron chi connectivity index (χ1n) is 8.74. The molecule has 2 rings (SSSR count). The monoisotopic (exact) mass is 397 g/mol. The molecule has 1 aliphatic heterocycles. The summed E-state index contributed by atoms with van der Waals surface area (Å²) in [4.78, 5) is 28.4. The predicted octanol–water partition coefficient (Wildman–Crippen LogP) is 1.89. The van der Waals surface area contributed by atoms with Crippen molar-refractivity contribution in [2.24, 2.45) is 5.11 Å². The van der Waals surface area contributed by atoms with Gasteiger partial charge in [0.25, 0.3) is 5.56 Å². The molecule has 1 fully saturated rings. The fraction of sp³-hybridized carbons (Fsp3) is 0.750. The zero-order chi connectivity index (χ0) is 20.5. The fourth-order valence-electron chi connectivity index (χ4n) is 2.78. The number of hydrogen-bond donors (Lipinski definition) is 2. The molecule has 1 saturated heterocycles. The molecular formula is C16H27N5O5Si. The van der Waals surface area contributed by atoms with Gasteiger partial charge in [0, 0.05) is 23.6 Å². The fourth-order valence-corrected chi connectivity index (χ4v) is 4.16. The number of rotatable bonds is 6. The van der Waals surface area contributed by atoms with Gasteiger partial charge in [0.1, 0.15) is 11.8 Å². The van der Waals surface area contributed by atoms with Crippen LogP contribution in [0, 0.1) is 0 Å². The van der Waals surface area contributed by atoms with Crippen molar-refractivity contribution in [1.29, 1.82) is 0 Å². The zero-order valence-corrected chi connectivity index (χ0v) is 17.3. The minimum absolute atomic E-state index is 0.0837. The van der Waals surface area contributed by atoms with E-state index in [1.807, 2.05) is 0 Å². The highest BCUT2D eigenvalue weighted by atomic mass is 28.4. The number of H-pyrrole nitrogens is 1. The van der Waals surface area contributed by atoms with Crippen LogP contribution in [-0.2, 0) is 9.16 Å². The molecule has 11 heteroatoms. The van der Waals surface area contributed by atoms with Crippen LogP contribution in [0.15, 0.2) is 27.0 Å². The second-order valence-corrected chi connectivity index (χ2v) is 13.1. The summed E-state index contributed by atoms with van der Waals surface area (Å²) in [6.45, 7) is 9.85. The molecule has 150 valence electrons. The number of aromatic nitrogens is 2. The van der Waals surface area contributed by atoms with Gasteiger partial charge in [0.15, 0.2) is 8.32 Å². The first-order chi connectivity index (χ1) is 12.5. The van der Waals surface area contributed by atoms with Crippen molar-refractivity contribution in [3.63, 3.8) is 0 Å². The van der Waals surface area contributed by atoms with Gasteiger partial charge in [-0.05, 0) is 23.7 Å². The van der Waals surface area contributed by atoms with Crippen molar-refractivity contribution in [1.82, 2.24) is 9.55 Å². The lowest BCUT2D eigenvalue weighted by molar-refractivity contribution is -0.119. The van der Waals surface area contributed by atoms with E-state index in [1.165, 1.54) is 16.8 Å². The average Bonchev–Trinajstić information content (AvgIpc) is 2.90. The summed E-state index contributed by atoms with van der Waals surface area (Å²) >= 11 is 0. The second-order valence-electron chi connectivity index (χ2n) is 8.30. The highest BCUT2D eigenvalue weighted by Crippen LogP contribution is 2.44. The van der Waals surface area contributed by atoms with E-state index in [-0.39, 0.29) is 18.0 Å². The zero-order valence-electron chi connectivity index (χ0n) is 16.3. The van der Waals surface area contributed by atoms with Gasteiger partial charge >= 0.3 is 5.69 Å². The van der Waals surface area contributed by atoms with Crippen molar-refractivity contribution in [3.05, 3.63) is 43.5 Å². The molecule has 0 aromatic carbocycles. The van der Waals surface area contributed by atoms with E-state index in [9.17, 15) is 14.7 Å². The van der Waals surface area contributed by atoms with Crippen molar-refractivity contribution in [2.45, 2.75) is 63.3 Å². The van der Waals surface area contributed by atoms with E-state index in [0.717, 1.165) is 0 Å². The largest absolute Gasteiger partial charge is 0.411 e. The van der Waals surface area contributed by atoms with Crippen molar-refractivity contribution < 1.29 is 14.3 Å². The Morgan fingerprint density at radius 1 is 1.52 bits per heavy atom. The van der Waals surface area contributed by atoms with E-state index in [0.29, 0.717) is 0 Å². The Bertz CT molecular complexity index is 839. The normalized spacial score (nSPS) is 26.0. The van der Waals surface area contributed by atoms with Crippen LogP contribution in [0.25, 0.3) is 10.4 Å². The predicted molar refractivity (Wildman–Crippen MR) is 102 cm³/mol. The Labute approximate surface area is 157 Å². The molecule has 3 atom stereocenters. The van der Waals surface area contributed by atoms with Crippen LogP contribution in [0.5, 0.6) is 0 Å². The van der Waals surface area contributed by atoms with Gasteiger partial charge in [0.05, 0.1) is 19.3 Å². The highest BCUT2D eigenvalue weighted by molar-refractivity contribution is 6.74. The summed E-state index contributed by atoms with van der Waals surface area (Å²) in [6.07, 6.45) is 0.291. The third kappa shape index (κ3) is 4.33. The van der Waals surface area contributed by atoms with Crippen LogP contribution in [-0.4, -0.2) is 47.8 Å². The molecule has 2 heterocycles. The maximum Gasteiger partial charge on any atom is 0.330 e. The summed E-state index contributed by atoms with van der Waals surface area (Å²) in [5.41, 5.74) is 6.35. The van der Waals surface area contributed by atoms with E-state index >= 15 is 0 Å². The number of hydrogen-bond acceptors (Lipinski definition) is 6. The SMILES string of the molecule is CC(C)(C)[Si](C)(C)OC1C[C@H](n2ccc(=O)[nH]c2=O)O[C@@]1(CO)CN=[N+]=[N-]. The standard InChI is InChI=1S/C16H27N5O5Si/c1-15(2,3)27(4,5)26-11-8-13(21-7-6-12(23)19-14(21)24)25-16(11,10-22)9-18-20-17/h6-7,11,13,22H,8-10H2,1-5H3,(H,19,23,24)/t11?,13-,16-/m1/s1. The minimum Gasteiger partial charge on any atom is -0.411 e. The first kappa shape index (κ1) is 21.4. The lowest BCUT2D eigenvalue weighted by Crippen LogP contribution is -2.53. The van der Waals surface area contributed by atoms with Crippen LogP contribution in [0.1, 0.15) is 33.4 Å². The summed E-state index contributed by atoms with van der Waals surface area (Å²) in [5.74, 6) is 0. The van der Waals surface area contributed by atoms with Crippen LogP contribution < -0.4 is 11.2 Å². The topological polar surface area (TPSA) is 142 Å². The number of ether oxygens (including phenoxy) is 1. The smallest absolute Gasteiger partial charge is 0.330 e. The summed E-state index contributed by atoms with van der Waals surface area (Å²) < 4.78 is 13.7. The molecule has 1 aromatic heterocycles. The minimum atomic E-state index is -2.24. The van der Waals surface area contributed by atoms with E-state index in [2.05, 4.69) is 48.9 Å². The maximum atomic E-state index is 12.1. The molecule has 1 unspecified atom stereocenters. The van der Waals surface area contributed by atoms with Crippen LogP contribution in [0.3, 0.4) is 0 Å². The lowest BCUT2D eigenvalue weighted by Gasteiger charge is -2.42. The Hall–Kier alpha value is -1.91. The molecule has 0 saturated carbocycles. The van der Waals surface area contributed by atoms with Gasteiger partial charge in [-0.25, -0.2) is 4.79 Å². The van der Waals surface area contributed by atoms with E-state index in [4.69, 9.17) is 14.7 Å². The van der Waals surface area contributed by atoms with Crippen LogP contribution in [0.4, 0.5) is 0 Å². The van der Waals surface area contributed by atoms with Crippen LogP contribution >= 0.6 is 0 Å². The number of nitrogens with zero attached hydrogens (tertiary/aromatic N) is 4. The Balaban J connectivity index is 2.43. The van der Waals surface area contributed by atoms with Gasteiger partial charge < -0.3 is 14.3 Å². The quantitative estimate of drug-likeness (QED) is 0.326. The molecule has 0 radical (unpaired) electrons. The van der Waals surface area contributed by atoms with Crippen molar-refractivity contribution >= 4 is 8.32 Å². The molecule has 1 aromatic rings. The Kier molecular flexibility index (Phi) is 6.02. The summed E-state index contributed by atoms with van der Waals surface area (Å²) in [5, 5.41) is 13.6. The molecule has 0 aliphatic carbocycles. The summed E-state index contributed by atoms with van der Waals surface area (Å²) in [6, 6.07) is 1.22. The number of azide groups is 1. The van der Waals surface area contributed by atoms with E-state index < -0.39 is 44.1 Å². The second kappa shape index (κ2) is 7.61. The first-order valence-corrected chi connectivity index (χ1v) is 11.7. The highest BCUT2D eigenvalue weighted by Gasteiger charge is 2.53. The third-order valence-corrected chi connectivity index (χ3v) is 9.93. The van der Waals surface area contributed by atoms with Gasteiger partial charge in [-0.3, -0.25) is 14.3 Å². The summed E-state index contributed by atoms with van der Waals surface area (Å²) in [7, 11) is -2.24. The Morgan fingerprint density at radius 2 is 2.19 bits per heavy atom. The molecule has 0 spiro atoms. The number of aliphatic hydroxyl groups excluding tert-OH is 1. The average molecular weight is 398 g/mol. The third-order valence-electron chi connectivity index (χ3n) is 5.45. The number of aliphatic hydroxyl groups is 1. The van der Waals surface area contributed by atoms with Gasteiger partial charge in [-0.1, -0.05) is 25.9 Å². The molecule has 0 bridgehead atoms. The molecular weight excluding hydrogens is 370 g/mol. The van der Waals surface area contributed by atoms with Gasteiger partial charge in [-0.15, -0.1) is 0 Å².